The van der Waals surface area contributed by atoms with Crippen LogP contribution in [0.25, 0.3) is 10.2 Å². The second kappa shape index (κ2) is 7.17. The summed E-state index contributed by atoms with van der Waals surface area (Å²) in [6, 6.07) is 12.1. The molecule has 126 valence electrons. The second-order valence-electron chi connectivity index (χ2n) is 5.45. The van der Waals surface area contributed by atoms with Crippen molar-refractivity contribution in [3.8, 4) is 0 Å². The Bertz CT molecular complexity index is 1050. The first-order valence-corrected chi connectivity index (χ1v) is 8.79. The molecule has 2 aromatic carbocycles. The van der Waals surface area contributed by atoms with E-state index < -0.39 is 0 Å². The molecule has 1 amide bonds. The molecule has 25 heavy (non-hydrogen) atoms. The van der Waals surface area contributed by atoms with Crippen LogP contribution in [0.5, 0.6) is 0 Å². The highest BCUT2D eigenvalue weighted by atomic mass is 35.5. The van der Waals surface area contributed by atoms with E-state index >= 15 is 0 Å². The Morgan fingerprint density at radius 3 is 2.52 bits per heavy atom. The molecular formula is C19H15ClN2O2S. The van der Waals surface area contributed by atoms with E-state index in [1.807, 2.05) is 22.8 Å². The van der Waals surface area contributed by atoms with Gasteiger partial charge in [0.2, 0.25) is 0 Å². The fourth-order valence-corrected chi connectivity index (χ4v) is 3.75. The zero-order valence-electron chi connectivity index (χ0n) is 13.5. The van der Waals surface area contributed by atoms with E-state index in [0.29, 0.717) is 27.5 Å². The Hall–Kier alpha value is -2.50. The van der Waals surface area contributed by atoms with Crippen molar-refractivity contribution < 1.29 is 9.59 Å². The van der Waals surface area contributed by atoms with Crippen molar-refractivity contribution in [1.29, 1.82) is 0 Å². The van der Waals surface area contributed by atoms with Crippen LogP contribution in [-0.2, 0) is 6.54 Å². The lowest BCUT2D eigenvalue weighted by molar-refractivity contribution is 0.0991. The number of thiazole rings is 1. The van der Waals surface area contributed by atoms with Crippen LogP contribution in [0.15, 0.2) is 60.1 Å². The molecule has 6 heteroatoms. The van der Waals surface area contributed by atoms with E-state index in [1.54, 1.807) is 30.3 Å². The molecule has 0 aliphatic carbocycles. The van der Waals surface area contributed by atoms with E-state index in [1.165, 1.54) is 18.3 Å². The summed E-state index contributed by atoms with van der Waals surface area (Å²) >= 11 is 7.45. The van der Waals surface area contributed by atoms with Crippen molar-refractivity contribution in [2.75, 3.05) is 0 Å². The first-order chi connectivity index (χ1) is 12.0. The summed E-state index contributed by atoms with van der Waals surface area (Å²) in [7, 11) is 0. The van der Waals surface area contributed by atoms with Gasteiger partial charge in [0.1, 0.15) is 0 Å². The molecule has 3 rings (SSSR count). The molecule has 1 aromatic heterocycles. The predicted octanol–water partition coefficient (Wildman–Crippen LogP) is 4.49. The number of benzene rings is 2. The number of allylic oxidation sites excluding steroid dienone is 1. The Labute approximate surface area is 153 Å². The second-order valence-corrected chi connectivity index (χ2v) is 6.89. The Morgan fingerprint density at radius 2 is 1.88 bits per heavy atom. The number of aromatic nitrogens is 1. The Balaban J connectivity index is 2.07. The van der Waals surface area contributed by atoms with Gasteiger partial charge in [-0.25, -0.2) is 0 Å². The van der Waals surface area contributed by atoms with Crippen molar-refractivity contribution in [2.45, 2.75) is 13.5 Å². The molecule has 0 saturated carbocycles. The Morgan fingerprint density at radius 1 is 1.20 bits per heavy atom. The first-order valence-electron chi connectivity index (χ1n) is 7.59. The van der Waals surface area contributed by atoms with Crippen LogP contribution in [0.1, 0.15) is 27.6 Å². The highest BCUT2D eigenvalue weighted by Gasteiger charge is 2.10. The van der Waals surface area contributed by atoms with Crippen LogP contribution in [0, 0.1) is 0 Å². The molecular weight excluding hydrogens is 356 g/mol. The number of fused-ring (bicyclic) bond motifs is 1. The average Bonchev–Trinajstić information content (AvgIpc) is 2.91. The fourth-order valence-electron chi connectivity index (χ4n) is 2.44. The number of carbonyl (C=O) groups excluding carboxylic acids is 2. The van der Waals surface area contributed by atoms with Gasteiger partial charge >= 0.3 is 0 Å². The molecule has 0 spiro atoms. The van der Waals surface area contributed by atoms with Crippen LogP contribution in [0.2, 0.25) is 5.02 Å². The van der Waals surface area contributed by atoms with Gasteiger partial charge in [-0.3, -0.25) is 9.59 Å². The van der Waals surface area contributed by atoms with Crippen molar-refractivity contribution in [1.82, 2.24) is 4.57 Å². The molecule has 0 aliphatic heterocycles. The van der Waals surface area contributed by atoms with E-state index in [0.717, 1.165) is 10.2 Å². The third-order valence-electron chi connectivity index (χ3n) is 3.69. The van der Waals surface area contributed by atoms with Crippen LogP contribution < -0.4 is 4.80 Å². The predicted molar refractivity (Wildman–Crippen MR) is 101 cm³/mol. The highest BCUT2D eigenvalue weighted by Crippen LogP contribution is 2.22. The number of Topliss-reactive ketones (excluding diaryl/α,β-unsaturated/α-hetero) is 1. The van der Waals surface area contributed by atoms with Gasteiger partial charge in [-0.05, 0) is 37.3 Å². The molecule has 0 unspecified atom stereocenters. The van der Waals surface area contributed by atoms with Crippen LogP contribution in [-0.4, -0.2) is 16.3 Å². The molecule has 0 fully saturated rings. The number of halogens is 1. The van der Waals surface area contributed by atoms with Crippen LogP contribution in [0.3, 0.4) is 0 Å². The molecule has 1 heterocycles. The third kappa shape index (κ3) is 3.62. The quantitative estimate of drug-likeness (QED) is 0.502. The summed E-state index contributed by atoms with van der Waals surface area (Å²) in [6.07, 6.45) is 1.76. The number of carbonyl (C=O) groups is 2. The minimum atomic E-state index is -0.356. The van der Waals surface area contributed by atoms with Crippen molar-refractivity contribution in [2.24, 2.45) is 4.99 Å². The number of amides is 1. The first kappa shape index (κ1) is 17.3. The summed E-state index contributed by atoms with van der Waals surface area (Å²) in [5.74, 6) is -0.397. The average molecular weight is 371 g/mol. The number of nitrogens with zero attached hydrogens (tertiary/aromatic N) is 2. The van der Waals surface area contributed by atoms with Crippen LogP contribution >= 0.6 is 22.9 Å². The minimum Gasteiger partial charge on any atom is -0.312 e. The van der Waals surface area contributed by atoms with Gasteiger partial charge in [-0.2, -0.15) is 4.99 Å². The van der Waals surface area contributed by atoms with Crippen LogP contribution in [0.4, 0.5) is 0 Å². The van der Waals surface area contributed by atoms with Gasteiger partial charge in [-0.15, -0.1) is 6.58 Å². The zero-order valence-corrected chi connectivity index (χ0v) is 15.1. The summed E-state index contributed by atoms with van der Waals surface area (Å²) in [4.78, 5) is 28.7. The Kier molecular flexibility index (Phi) is 4.97. The maximum absolute atomic E-state index is 12.5. The maximum atomic E-state index is 12.5. The summed E-state index contributed by atoms with van der Waals surface area (Å²) in [5.41, 5.74) is 1.95. The molecule has 3 aromatic rings. The van der Waals surface area contributed by atoms with Gasteiger partial charge in [0, 0.05) is 22.7 Å². The van der Waals surface area contributed by atoms with Gasteiger partial charge in [0.15, 0.2) is 10.6 Å². The van der Waals surface area contributed by atoms with Gasteiger partial charge < -0.3 is 4.57 Å². The van der Waals surface area contributed by atoms with Gasteiger partial charge in [-0.1, -0.05) is 41.1 Å². The molecule has 0 aliphatic rings. The lowest BCUT2D eigenvalue weighted by Gasteiger charge is -2.01. The normalized spacial score (nSPS) is 11.7. The monoisotopic (exact) mass is 370 g/mol. The lowest BCUT2D eigenvalue weighted by Crippen LogP contribution is -2.16. The summed E-state index contributed by atoms with van der Waals surface area (Å²) in [6.45, 7) is 5.79. The van der Waals surface area contributed by atoms with Crippen molar-refractivity contribution in [3.05, 3.63) is 76.1 Å². The molecule has 0 saturated heterocycles. The highest BCUT2D eigenvalue weighted by molar-refractivity contribution is 7.16. The number of ketones is 1. The zero-order chi connectivity index (χ0) is 18.0. The summed E-state index contributed by atoms with van der Waals surface area (Å²) in [5, 5.41) is 0.636. The smallest absolute Gasteiger partial charge is 0.279 e. The minimum absolute atomic E-state index is 0.0406. The number of hydrogen-bond acceptors (Lipinski definition) is 3. The van der Waals surface area contributed by atoms with Gasteiger partial charge in [0.05, 0.1) is 10.2 Å². The topological polar surface area (TPSA) is 51.4 Å². The third-order valence-corrected chi connectivity index (χ3v) is 4.97. The lowest BCUT2D eigenvalue weighted by atomic mass is 10.1. The van der Waals surface area contributed by atoms with Crippen molar-refractivity contribution in [3.63, 3.8) is 0 Å². The summed E-state index contributed by atoms with van der Waals surface area (Å²) < 4.78 is 2.87. The maximum Gasteiger partial charge on any atom is 0.279 e. The largest absolute Gasteiger partial charge is 0.312 e. The van der Waals surface area contributed by atoms with Gasteiger partial charge in [0.25, 0.3) is 5.91 Å². The SMILES string of the molecule is C=CCn1c(=NC(=O)c2ccc(C(C)=O)cc2)sc2cc(Cl)ccc21. The molecule has 0 atom stereocenters. The van der Waals surface area contributed by atoms with E-state index in [2.05, 4.69) is 11.6 Å². The fraction of sp³-hybridized carbons (Fsp3) is 0.105. The molecule has 0 bridgehead atoms. The number of rotatable bonds is 4. The van der Waals surface area contributed by atoms with Crippen molar-refractivity contribution >= 4 is 44.8 Å². The van der Waals surface area contributed by atoms with E-state index in [-0.39, 0.29) is 11.7 Å². The standard InChI is InChI=1S/C19H15ClN2O2S/c1-3-10-22-16-9-8-15(20)11-17(16)25-19(22)21-18(24)14-6-4-13(5-7-14)12(2)23/h3-9,11H,1,10H2,2H3. The molecule has 0 N–H and O–H groups in total. The molecule has 4 nitrogen and oxygen atoms in total. The van der Waals surface area contributed by atoms with E-state index in [9.17, 15) is 9.59 Å². The molecule has 0 radical (unpaired) electrons. The number of hydrogen-bond donors (Lipinski definition) is 0. The van der Waals surface area contributed by atoms with E-state index in [4.69, 9.17) is 11.6 Å².